The Labute approximate surface area is 143 Å². The Morgan fingerprint density at radius 3 is 2.36 bits per heavy atom. The van der Waals surface area contributed by atoms with Gasteiger partial charge in [-0.05, 0) is 13.3 Å². The van der Waals surface area contributed by atoms with Gasteiger partial charge in [-0.15, -0.1) is 0 Å². The van der Waals surface area contributed by atoms with Crippen LogP contribution in [0.25, 0.3) is 0 Å². The van der Waals surface area contributed by atoms with E-state index >= 15 is 0 Å². The number of carboxylic acid groups (broad SMARTS) is 1. The average Bonchev–Trinajstić information content (AvgIpc) is 3.02. The number of aliphatic carboxylic acids is 1. The zero-order chi connectivity index (χ0) is 19.0. The second kappa shape index (κ2) is 9.37. The fraction of sp³-hybridized carbons (Fsp3) is 0.500. The van der Waals surface area contributed by atoms with Crippen LogP contribution in [-0.2, 0) is 25.6 Å². The number of hydrogen-bond donors (Lipinski definition) is 6. The maximum absolute atomic E-state index is 12.4. The summed E-state index contributed by atoms with van der Waals surface area (Å²) in [6.07, 6.45) is 2.58. The van der Waals surface area contributed by atoms with Gasteiger partial charge in [-0.2, -0.15) is 0 Å². The highest BCUT2D eigenvalue weighted by molar-refractivity contribution is 5.91. The van der Waals surface area contributed by atoms with E-state index in [2.05, 4.69) is 20.6 Å². The zero-order valence-electron chi connectivity index (χ0n) is 13.7. The van der Waals surface area contributed by atoms with Crippen LogP contribution in [0.1, 0.15) is 25.5 Å². The summed E-state index contributed by atoms with van der Waals surface area (Å²) in [7, 11) is 0. The first-order chi connectivity index (χ1) is 11.7. The molecule has 0 spiro atoms. The zero-order valence-corrected chi connectivity index (χ0v) is 13.7. The molecule has 1 aromatic heterocycles. The Morgan fingerprint density at radius 1 is 1.24 bits per heavy atom. The largest absolute Gasteiger partial charge is 0.480 e. The third-order valence-electron chi connectivity index (χ3n) is 3.32. The molecule has 3 unspecified atom stereocenters. The number of hydrogen-bond acceptors (Lipinski definition) is 6. The quantitative estimate of drug-likeness (QED) is 0.270. The van der Waals surface area contributed by atoms with Crippen LogP contribution in [0, 0.1) is 0 Å². The van der Waals surface area contributed by atoms with Gasteiger partial charge in [0.15, 0.2) is 0 Å². The van der Waals surface area contributed by atoms with Gasteiger partial charge >= 0.3 is 5.97 Å². The lowest BCUT2D eigenvalue weighted by Crippen LogP contribution is -2.54. The van der Waals surface area contributed by atoms with E-state index in [-0.39, 0.29) is 19.3 Å². The van der Waals surface area contributed by atoms with Crippen LogP contribution < -0.4 is 22.1 Å². The van der Waals surface area contributed by atoms with Gasteiger partial charge in [-0.1, -0.05) is 0 Å². The molecule has 0 saturated heterocycles. The number of amides is 3. The fourth-order valence-electron chi connectivity index (χ4n) is 1.94. The molecule has 3 atom stereocenters. The molecule has 1 heterocycles. The Hall–Kier alpha value is -2.95. The van der Waals surface area contributed by atoms with E-state index in [1.54, 1.807) is 0 Å². The molecule has 25 heavy (non-hydrogen) atoms. The number of carbonyl (C=O) groups is 4. The minimum Gasteiger partial charge on any atom is -0.480 e. The van der Waals surface area contributed by atoms with Gasteiger partial charge in [0.2, 0.25) is 17.7 Å². The van der Waals surface area contributed by atoms with E-state index in [0.29, 0.717) is 5.69 Å². The lowest BCUT2D eigenvalue weighted by atomic mass is 10.1. The van der Waals surface area contributed by atoms with Crippen molar-refractivity contribution in [2.75, 3.05) is 0 Å². The molecule has 0 aliphatic heterocycles. The third kappa shape index (κ3) is 6.99. The van der Waals surface area contributed by atoms with Gasteiger partial charge in [0, 0.05) is 24.7 Å². The molecule has 0 aromatic carbocycles. The molecule has 0 aliphatic rings. The van der Waals surface area contributed by atoms with Gasteiger partial charge < -0.3 is 32.2 Å². The molecule has 0 radical (unpaired) electrons. The molecular formula is C14H22N6O5. The van der Waals surface area contributed by atoms with Crippen LogP contribution in [0.3, 0.4) is 0 Å². The average molecular weight is 354 g/mol. The van der Waals surface area contributed by atoms with Crippen molar-refractivity contribution >= 4 is 23.7 Å². The van der Waals surface area contributed by atoms with E-state index in [9.17, 15) is 19.2 Å². The molecule has 138 valence electrons. The standard InChI is InChI=1S/C14H22N6O5/c1-7(15)12(22)20-10(4-8-5-17-6-18-8)13(23)19-9(14(24)25)2-3-11(16)21/h5-7,9-10H,2-4,15H2,1H3,(H2,16,21)(H,17,18)(H,19,23)(H,20,22)(H,24,25). The molecule has 0 bridgehead atoms. The van der Waals surface area contributed by atoms with Crippen LogP contribution in [0.4, 0.5) is 0 Å². The van der Waals surface area contributed by atoms with E-state index in [4.69, 9.17) is 16.6 Å². The van der Waals surface area contributed by atoms with Crippen molar-refractivity contribution in [1.29, 1.82) is 0 Å². The molecule has 11 heteroatoms. The highest BCUT2D eigenvalue weighted by Crippen LogP contribution is 2.03. The molecule has 8 N–H and O–H groups in total. The second-order valence-electron chi connectivity index (χ2n) is 5.54. The van der Waals surface area contributed by atoms with Gasteiger partial charge in [-0.25, -0.2) is 9.78 Å². The minimum atomic E-state index is -1.31. The number of rotatable bonds is 10. The number of carboxylic acids is 1. The molecule has 11 nitrogen and oxygen atoms in total. The first-order valence-corrected chi connectivity index (χ1v) is 7.55. The monoisotopic (exact) mass is 354 g/mol. The molecule has 0 saturated carbocycles. The van der Waals surface area contributed by atoms with Crippen molar-refractivity contribution in [1.82, 2.24) is 20.6 Å². The fourth-order valence-corrected chi connectivity index (χ4v) is 1.94. The number of nitrogens with two attached hydrogens (primary N) is 2. The summed E-state index contributed by atoms with van der Waals surface area (Å²) in [5.74, 6) is -3.28. The molecule has 1 aromatic rings. The van der Waals surface area contributed by atoms with Crippen molar-refractivity contribution < 1.29 is 24.3 Å². The maximum atomic E-state index is 12.4. The van der Waals surface area contributed by atoms with Crippen LogP contribution in [-0.4, -0.2) is 56.9 Å². The number of carbonyl (C=O) groups excluding carboxylic acids is 3. The van der Waals surface area contributed by atoms with Crippen molar-refractivity contribution in [2.24, 2.45) is 11.5 Å². The summed E-state index contributed by atoms with van der Waals surface area (Å²) < 4.78 is 0. The molecule has 0 aliphatic carbocycles. The molecule has 0 fully saturated rings. The van der Waals surface area contributed by atoms with Crippen molar-refractivity contribution in [3.8, 4) is 0 Å². The minimum absolute atomic E-state index is 0.0620. The van der Waals surface area contributed by atoms with Gasteiger partial charge in [0.25, 0.3) is 0 Å². The number of H-pyrrole nitrogens is 1. The topological polar surface area (TPSA) is 193 Å². The molecule has 3 amide bonds. The highest BCUT2D eigenvalue weighted by atomic mass is 16.4. The van der Waals surface area contributed by atoms with Crippen molar-refractivity contribution in [3.63, 3.8) is 0 Å². The Bertz CT molecular complexity index is 615. The highest BCUT2D eigenvalue weighted by Gasteiger charge is 2.28. The summed E-state index contributed by atoms with van der Waals surface area (Å²) in [6, 6.07) is -3.21. The number of primary amides is 1. The first-order valence-electron chi connectivity index (χ1n) is 7.55. The van der Waals surface area contributed by atoms with Crippen LogP contribution in [0.15, 0.2) is 12.5 Å². The molecule has 1 rings (SSSR count). The lowest BCUT2D eigenvalue weighted by Gasteiger charge is -2.21. The van der Waals surface area contributed by atoms with Crippen molar-refractivity contribution in [2.45, 2.75) is 44.3 Å². The summed E-state index contributed by atoms with van der Waals surface area (Å²) >= 11 is 0. The summed E-state index contributed by atoms with van der Waals surface area (Å²) in [4.78, 5) is 52.9. The third-order valence-corrected chi connectivity index (χ3v) is 3.32. The Kier molecular flexibility index (Phi) is 7.53. The van der Waals surface area contributed by atoms with Gasteiger partial charge in [0.05, 0.1) is 12.4 Å². The Balaban J connectivity index is 2.83. The number of aromatic amines is 1. The SMILES string of the molecule is CC(N)C(=O)NC(Cc1cnc[nH]1)C(=O)NC(CCC(N)=O)C(=O)O. The van der Waals surface area contributed by atoms with Crippen LogP contribution in [0.2, 0.25) is 0 Å². The normalized spacial score (nSPS) is 14.2. The predicted octanol–water partition coefficient (Wildman–Crippen LogP) is -2.38. The maximum Gasteiger partial charge on any atom is 0.326 e. The van der Waals surface area contributed by atoms with Crippen LogP contribution in [0.5, 0.6) is 0 Å². The summed E-state index contributed by atoms with van der Waals surface area (Å²) in [5.41, 5.74) is 11.0. The first kappa shape index (κ1) is 20.1. The number of nitrogens with zero attached hydrogens (tertiary/aromatic N) is 1. The Morgan fingerprint density at radius 2 is 1.88 bits per heavy atom. The van der Waals surface area contributed by atoms with E-state index in [1.807, 2.05) is 0 Å². The van der Waals surface area contributed by atoms with Gasteiger partial charge in [-0.3, -0.25) is 14.4 Å². The smallest absolute Gasteiger partial charge is 0.326 e. The number of imidazole rings is 1. The molecular weight excluding hydrogens is 332 g/mol. The predicted molar refractivity (Wildman–Crippen MR) is 85.9 cm³/mol. The van der Waals surface area contributed by atoms with E-state index < -0.39 is 41.8 Å². The van der Waals surface area contributed by atoms with E-state index in [0.717, 1.165) is 0 Å². The van der Waals surface area contributed by atoms with Crippen molar-refractivity contribution in [3.05, 3.63) is 18.2 Å². The number of aromatic nitrogens is 2. The van der Waals surface area contributed by atoms with Gasteiger partial charge in [0.1, 0.15) is 12.1 Å². The second-order valence-corrected chi connectivity index (χ2v) is 5.54. The lowest BCUT2D eigenvalue weighted by molar-refractivity contribution is -0.142. The van der Waals surface area contributed by atoms with Crippen LogP contribution >= 0.6 is 0 Å². The summed E-state index contributed by atoms with van der Waals surface area (Å²) in [5, 5.41) is 13.9. The number of nitrogens with one attached hydrogen (secondary N) is 3. The summed E-state index contributed by atoms with van der Waals surface area (Å²) in [6.45, 7) is 1.45. The van der Waals surface area contributed by atoms with E-state index in [1.165, 1.54) is 19.4 Å².